The number of para-hydroxylation sites is 1. The number of aliphatic carboxylic acids is 1. The van der Waals surface area contributed by atoms with E-state index in [1.807, 2.05) is 84.9 Å². The van der Waals surface area contributed by atoms with Gasteiger partial charge in [-0.05, 0) is 29.7 Å². The van der Waals surface area contributed by atoms with Gasteiger partial charge in [-0.1, -0.05) is 78.9 Å². The van der Waals surface area contributed by atoms with E-state index >= 15 is 0 Å². The molecule has 4 aromatic rings. The van der Waals surface area contributed by atoms with E-state index in [9.17, 15) is 19.5 Å². The van der Waals surface area contributed by atoms with E-state index in [-0.39, 0.29) is 12.8 Å². The summed E-state index contributed by atoms with van der Waals surface area (Å²) in [4.78, 5) is 40.5. The van der Waals surface area contributed by atoms with E-state index in [0.29, 0.717) is 5.69 Å². The quantitative estimate of drug-likeness (QED) is 0.305. The van der Waals surface area contributed by atoms with Gasteiger partial charge in [-0.15, -0.1) is 0 Å². The lowest BCUT2D eigenvalue weighted by Crippen LogP contribution is -2.48. The second-order valence-corrected chi connectivity index (χ2v) is 7.99. The van der Waals surface area contributed by atoms with Crippen molar-refractivity contribution >= 4 is 28.7 Å². The average Bonchev–Trinajstić information content (AvgIpc) is 3.30. The first-order valence-corrected chi connectivity index (χ1v) is 11.0. The van der Waals surface area contributed by atoms with Crippen LogP contribution in [-0.4, -0.2) is 33.9 Å². The minimum atomic E-state index is -1.04. The second-order valence-electron chi connectivity index (χ2n) is 7.99. The topological polar surface area (TPSA) is 111 Å². The highest BCUT2D eigenvalue weighted by Crippen LogP contribution is 2.22. The molecule has 34 heavy (non-hydrogen) atoms. The van der Waals surface area contributed by atoms with Crippen LogP contribution in [0.4, 0.5) is 0 Å². The molecule has 172 valence electrons. The zero-order valence-electron chi connectivity index (χ0n) is 18.4. The van der Waals surface area contributed by atoms with Crippen molar-refractivity contribution in [1.29, 1.82) is 0 Å². The van der Waals surface area contributed by atoms with Crippen LogP contribution in [0.2, 0.25) is 0 Å². The summed E-state index contributed by atoms with van der Waals surface area (Å²) in [5, 5.41) is 15.8. The predicted molar refractivity (Wildman–Crippen MR) is 129 cm³/mol. The van der Waals surface area contributed by atoms with Crippen molar-refractivity contribution in [1.82, 2.24) is 15.6 Å². The van der Waals surface area contributed by atoms with Gasteiger partial charge in [-0.25, -0.2) is 0 Å². The van der Waals surface area contributed by atoms with Crippen LogP contribution in [0.25, 0.3) is 10.9 Å². The van der Waals surface area contributed by atoms with Gasteiger partial charge in [0.05, 0.1) is 6.04 Å². The highest BCUT2D eigenvalue weighted by atomic mass is 16.4. The Morgan fingerprint density at radius 2 is 1.38 bits per heavy atom. The van der Waals surface area contributed by atoms with Crippen LogP contribution in [0.1, 0.15) is 40.5 Å². The van der Waals surface area contributed by atoms with E-state index < -0.39 is 29.9 Å². The molecule has 0 bridgehead atoms. The first-order valence-electron chi connectivity index (χ1n) is 11.0. The van der Waals surface area contributed by atoms with Crippen LogP contribution < -0.4 is 10.6 Å². The number of hydrogen-bond acceptors (Lipinski definition) is 3. The molecule has 3 aromatic carbocycles. The monoisotopic (exact) mass is 455 g/mol. The Bertz CT molecular complexity index is 1210. The van der Waals surface area contributed by atoms with Gasteiger partial charge in [0.1, 0.15) is 11.7 Å². The van der Waals surface area contributed by atoms with Crippen LogP contribution in [0.3, 0.4) is 0 Å². The van der Waals surface area contributed by atoms with Crippen molar-refractivity contribution in [2.75, 3.05) is 0 Å². The maximum atomic E-state index is 13.3. The third kappa shape index (κ3) is 5.50. The van der Waals surface area contributed by atoms with Crippen molar-refractivity contribution < 1.29 is 19.5 Å². The minimum absolute atomic E-state index is 0.0383. The summed E-state index contributed by atoms with van der Waals surface area (Å²) in [5.74, 6) is -1.97. The number of carbonyl (C=O) groups is 3. The zero-order chi connectivity index (χ0) is 23.9. The second kappa shape index (κ2) is 10.5. The minimum Gasteiger partial charge on any atom is -0.481 e. The SMILES string of the molecule is O=C(O)CC[C@H](NC(=O)c1cc2ccccc2[nH]1)C(=O)NC(c1ccccc1)c1ccccc1. The summed E-state index contributed by atoms with van der Waals surface area (Å²) in [7, 11) is 0. The molecule has 1 heterocycles. The molecule has 0 spiro atoms. The van der Waals surface area contributed by atoms with E-state index in [2.05, 4.69) is 15.6 Å². The number of nitrogens with one attached hydrogen (secondary N) is 3. The van der Waals surface area contributed by atoms with Gasteiger partial charge >= 0.3 is 5.97 Å². The summed E-state index contributed by atoms with van der Waals surface area (Å²) in [5.41, 5.74) is 2.85. The first-order chi connectivity index (χ1) is 16.5. The fourth-order valence-corrected chi connectivity index (χ4v) is 3.86. The molecule has 1 aromatic heterocycles. The Balaban J connectivity index is 1.57. The van der Waals surface area contributed by atoms with E-state index in [1.54, 1.807) is 6.07 Å². The van der Waals surface area contributed by atoms with Gasteiger partial charge in [0.25, 0.3) is 5.91 Å². The summed E-state index contributed by atoms with van der Waals surface area (Å²) in [6.07, 6.45) is -0.296. The summed E-state index contributed by atoms with van der Waals surface area (Å²) >= 11 is 0. The van der Waals surface area contributed by atoms with Crippen LogP contribution in [0.5, 0.6) is 0 Å². The van der Waals surface area contributed by atoms with Gasteiger partial charge < -0.3 is 20.7 Å². The lowest BCUT2D eigenvalue weighted by molar-refractivity contribution is -0.137. The molecule has 0 aliphatic rings. The number of aromatic amines is 1. The van der Waals surface area contributed by atoms with Gasteiger partial charge in [-0.2, -0.15) is 0 Å². The first kappa shape index (κ1) is 22.8. The number of H-pyrrole nitrogens is 1. The lowest BCUT2D eigenvalue weighted by Gasteiger charge is -2.24. The Morgan fingerprint density at radius 3 is 1.97 bits per heavy atom. The van der Waals surface area contributed by atoms with E-state index in [1.165, 1.54) is 0 Å². The fourth-order valence-electron chi connectivity index (χ4n) is 3.86. The van der Waals surface area contributed by atoms with Gasteiger partial charge in [0, 0.05) is 17.3 Å². The molecule has 0 saturated heterocycles. The van der Waals surface area contributed by atoms with E-state index in [0.717, 1.165) is 22.0 Å². The number of rotatable bonds is 9. The number of aromatic nitrogens is 1. The van der Waals surface area contributed by atoms with Crippen molar-refractivity contribution in [3.63, 3.8) is 0 Å². The number of hydrogen-bond donors (Lipinski definition) is 4. The third-order valence-electron chi connectivity index (χ3n) is 5.60. The molecule has 0 fully saturated rings. The molecule has 0 saturated carbocycles. The molecule has 7 nitrogen and oxygen atoms in total. The average molecular weight is 456 g/mol. The highest BCUT2D eigenvalue weighted by Gasteiger charge is 2.26. The molecule has 0 aliphatic heterocycles. The fraction of sp³-hybridized carbons (Fsp3) is 0.148. The highest BCUT2D eigenvalue weighted by molar-refractivity contribution is 6.00. The van der Waals surface area contributed by atoms with Crippen LogP contribution in [0.15, 0.2) is 91.0 Å². The predicted octanol–water partition coefficient (Wildman–Crippen LogP) is 4.04. The van der Waals surface area contributed by atoms with Gasteiger partial charge in [0.15, 0.2) is 0 Å². The van der Waals surface area contributed by atoms with Crippen LogP contribution >= 0.6 is 0 Å². The number of carbonyl (C=O) groups excluding carboxylic acids is 2. The lowest BCUT2D eigenvalue weighted by atomic mass is 9.98. The van der Waals surface area contributed by atoms with Crippen molar-refractivity contribution in [3.8, 4) is 0 Å². The van der Waals surface area contributed by atoms with Crippen LogP contribution in [0, 0.1) is 0 Å². The molecule has 0 unspecified atom stereocenters. The molecule has 0 aliphatic carbocycles. The van der Waals surface area contributed by atoms with Crippen molar-refractivity contribution in [2.45, 2.75) is 24.9 Å². The summed E-state index contributed by atoms with van der Waals surface area (Å²) < 4.78 is 0. The Labute approximate surface area is 196 Å². The van der Waals surface area contributed by atoms with Crippen molar-refractivity contribution in [3.05, 3.63) is 108 Å². The zero-order valence-corrected chi connectivity index (χ0v) is 18.4. The molecule has 1 atom stereocenters. The summed E-state index contributed by atoms with van der Waals surface area (Å²) in [6, 6.07) is 26.7. The smallest absolute Gasteiger partial charge is 0.303 e. The number of fused-ring (bicyclic) bond motifs is 1. The van der Waals surface area contributed by atoms with E-state index in [4.69, 9.17) is 0 Å². The van der Waals surface area contributed by atoms with Crippen molar-refractivity contribution in [2.24, 2.45) is 0 Å². The number of benzene rings is 3. The molecule has 7 heteroatoms. The van der Waals surface area contributed by atoms with Gasteiger partial charge in [-0.3, -0.25) is 14.4 Å². The Hall–Kier alpha value is -4.39. The molecule has 0 radical (unpaired) electrons. The molecular weight excluding hydrogens is 430 g/mol. The standard InChI is InChI=1S/C27H25N3O4/c31-24(32)16-15-22(29-27(34)23-17-20-13-7-8-14-21(20)28-23)26(33)30-25(18-9-3-1-4-10-18)19-11-5-2-6-12-19/h1-14,17,22,25,28H,15-16H2,(H,29,34)(H,30,33)(H,31,32)/t22-/m0/s1. The third-order valence-corrected chi connectivity index (χ3v) is 5.60. The Morgan fingerprint density at radius 1 is 0.794 bits per heavy atom. The number of carboxylic acids is 1. The van der Waals surface area contributed by atoms with Gasteiger partial charge in [0.2, 0.25) is 5.91 Å². The molecule has 4 rings (SSSR count). The van der Waals surface area contributed by atoms with Crippen LogP contribution in [-0.2, 0) is 9.59 Å². The summed E-state index contributed by atoms with van der Waals surface area (Å²) in [6.45, 7) is 0. The number of amides is 2. The molecular formula is C27H25N3O4. The maximum absolute atomic E-state index is 13.3. The number of carboxylic acid groups (broad SMARTS) is 1. The normalized spacial score (nSPS) is 11.8. The molecule has 2 amide bonds. The Kier molecular flexibility index (Phi) is 7.03. The molecule has 4 N–H and O–H groups in total. The largest absolute Gasteiger partial charge is 0.481 e. The maximum Gasteiger partial charge on any atom is 0.303 e.